The quantitative estimate of drug-likeness (QED) is 0.480. The van der Waals surface area contributed by atoms with Crippen LogP contribution in [0.3, 0.4) is 0 Å². The summed E-state index contributed by atoms with van der Waals surface area (Å²) in [5.74, 6) is -0.899. The molecule has 0 aromatic carbocycles. The number of carboxylic acids is 1. The van der Waals surface area contributed by atoms with Gasteiger partial charge < -0.3 is 5.11 Å². The van der Waals surface area contributed by atoms with E-state index in [1.54, 1.807) is 6.08 Å². The van der Waals surface area contributed by atoms with E-state index in [-0.39, 0.29) is 0 Å². The molecule has 0 aliphatic heterocycles. The molecule has 0 heterocycles. The third-order valence-electron chi connectivity index (χ3n) is 1.01. The van der Waals surface area contributed by atoms with Crippen LogP contribution in [0.1, 0.15) is 20.3 Å². The minimum absolute atomic E-state index is 0.899. The average molecular weight is 140 g/mol. The third kappa shape index (κ3) is 5.09. The summed E-state index contributed by atoms with van der Waals surface area (Å²) in [4.78, 5) is 9.99. The maximum atomic E-state index is 9.99. The van der Waals surface area contributed by atoms with Gasteiger partial charge in [0.25, 0.3) is 0 Å². The lowest BCUT2D eigenvalue weighted by atomic mass is 10.2. The van der Waals surface area contributed by atoms with E-state index in [4.69, 9.17) is 5.11 Å². The molecule has 0 saturated heterocycles. The zero-order valence-electron chi connectivity index (χ0n) is 6.29. The van der Waals surface area contributed by atoms with Gasteiger partial charge in [0.1, 0.15) is 0 Å². The smallest absolute Gasteiger partial charge is 0.328 e. The summed E-state index contributed by atoms with van der Waals surface area (Å²) in [6, 6.07) is 0. The first kappa shape index (κ1) is 8.95. The van der Waals surface area contributed by atoms with E-state index in [2.05, 4.69) is 0 Å². The van der Waals surface area contributed by atoms with Gasteiger partial charge in [-0.1, -0.05) is 24.6 Å². The molecule has 2 heteroatoms. The number of carbonyl (C=O) groups is 1. The standard InChI is InChI=1S/C8H12O2/c1-3-4-7(2)5-6-8(9)10/h4-6H,3H2,1-2H3,(H,9,10)/b6-5+,7-4+. The van der Waals surface area contributed by atoms with Gasteiger partial charge in [-0.2, -0.15) is 0 Å². The second-order valence-electron chi connectivity index (χ2n) is 2.03. The Hall–Kier alpha value is -1.05. The summed E-state index contributed by atoms with van der Waals surface area (Å²) in [5, 5.41) is 8.22. The van der Waals surface area contributed by atoms with E-state index in [1.165, 1.54) is 0 Å². The van der Waals surface area contributed by atoms with Gasteiger partial charge in [0.05, 0.1) is 0 Å². The monoisotopic (exact) mass is 140 g/mol. The number of hydrogen-bond donors (Lipinski definition) is 1. The Labute approximate surface area is 60.9 Å². The van der Waals surface area contributed by atoms with Crippen LogP contribution >= 0.6 is 0 Å². The van der Waals surface area contributed by atoms with Crippen LogP contribution in [0.5, 0.6) is 0 Å². The predicted molar refractivity (Wildman–Crippen MR) is 40.8 cm³/mol. The molecule has 0 atom stereocenters. The molecule has 2 nitrogen and oxygen atoms in total. The van der Waals surface area contributed by atoms with Crippen LogP contribution in [0.2, 0.25) is 0 Å². The zero-order chi connectivity index (χ0) is 7.98. The first-order chi connectivity index (χ1) is 4.66. The molecule has 0 fully saturated rings. The van der Waals surface area contributed by atoms with Crippen molar-refractivity contribution < 1.29 is 9.90 Å². The molecule has 0 saturated carbocycles. The molecule has 0 aliphatic carbocycles. The first-order valence-corrected chi connectivity index (χ1v) is 3.24. The zero-order valence-corrected chi connectivity index (χ0v) is 6.29. The molecule has 0 aromatic rings. The average Bonchev–Trinajstić information content (AvgIpc) is 1.85. The van der Waals surface area contributed by atoms with Crippen LogP contribution in [-0.4, -0.2) is 11.1 Å². The molecule has 1 N–H and O–H groups in total. The third-order valence-corrected chi connectivity index (χ3v) is 1.01. The summed E-state index contributed by atoms with van der Waals surface area (Å²) in [5.41, 5.74) is 0.991. The van der Waals surface area contributed by atoms with Crippen molar-refractivity contribution in [3.63, 3.8) is 0 Å². The lowest BCUT2D eigenvalue weighted by Crippen LogP contribution is -1.85. The Morgan fingerprint density at radius 2 is 2.10 bits per heavy atom. The Bertz CT molecular complexity index is 166. The topological polar surface area (TPSA) is 37.3 Å². The lowest BCUT2D eigenvalue weighted by Gasteiger charge is -1.86. The van der Waals surface area contributed by atoms with Crippen molar-refractivity contribution in [1.82, 2.24) is 0 Å². The Morgan fingerprint density at radius 3 is 2.50 bits per heavy atom. The molecule has 0 rings (SSSR count). The maximum Gasteiger partial charge on any atom is 0.328 e. The molecule has 0 aromatic heterocycles. The Balaban J connectivity index is 3.89. The van der Waals surface area contributed by atoms with Crippen molar-refractivity contribution >= 4 is 5.97 Å². The van der Waals surface area contributed by atoms with E-state index in [1.807, 2.05) is 19.9 Å². The van der Waals surface area contributed by atoms with E-state index in [0.29, 0.717) is 0 Å². The van der Waals surface area contributed by atoms with Gasteiger partial charge in [-0.05, 0) is 13.3 Å². The highest BCUT2D eigenvalue weighted by molar-refractivity contribution is 5.80. The van der Waals surface area contributed by atoms with Crippen LogP contribution in [0.15, 0.2) is 23.8 Å². The van der Waals surface area contributed by atoms with Crippen LogP contribution < -0.4 is 0 Å². The van der Waals surface area contributed by atoms with Crippen molar-refractivity contribution in [3.05, 3.63) is 23.8 Å². The van der Waals surface area contributed by atoms with Gasteiger partial charge in [-0.15, -0.1) is 0 Å². The van der Waals surface area contributed by atoms with E-state index >= 15 is 0 Å². The summed E-state index contributed by atoms with van der Waals surface area (Å²) >= 11 is 0. The van der Waals surface area contributed by atoms with Crippen LogP contribution in [0.25, 0.3) is 0 Å². The fourth-order valence-corrected chi connectivity index (χ4v) is 0.593. The van der Waals surface area contributed by atoms with Crippen molar-refractivity contribution in [1.29, 1.82) is 0 Å². The molecular weight excluding hydrogens is 128 g/mol. The second-order valence-corrected chi connectivity index (χ2v) is 2.03. The highest BCUT2D eigenvalue weighted by atomic mass is 16.4. The van der Waals surface area contributed by atoms with Crippen molar-refractivity contribution in [3.8, 4) is 0 Å². The van der Waals surface area contributed by atoms with Gasteiger partial charge in [0, 0.05) is 6.08 Å². The fourth-order valence-electron chi connectivity index (χ4n) is 0.593. The summed E-state index contributed by atoms with van der Waals surface area (Å²) in [6.45, 7) is 3.89. The minimum atomic E-state index is -0.899. The molecule has 0 aliphatic rings. The maximum absolute atomic E-state index is 9.99. The number of rotatable bonds is 3. The summed E-state index contributed by atoms with van der Waals surface area (Å²) in [6.07, 6.45) is 5.64. The molecule has 10 heavy (non-hydrogen) atoms. The summed E-state index contributed by atoms with van der Waals surface area (Å²) < 4.78 is 0. The molecule has 0 spiro atoms. The van der Waals surface area contributed by atoms with Crippen molar-refractivity contribution in [2.45, 2.75) is 20.3 Å². The Morgan fingerprint density at radius 1 is 1.50 bits per heavy atom. The van der Waals surface area contributed by atoms with Gasteiger partial charge in [-0.25, -0.2) is 4.79 Å². The van der Waals surface area contributed by atoms with Crippen LogP contribution in [0, 0.1) is 0 Å². The van der Waals surface area contributed by atoms with Crippen molar-refractivity contribution in [2.24, 2.45) is 0 Å². The number of carboxylic acid groups (broad SMARTS) is 1. The largest absolute Gasteiger partial charge is 0.478 e. The normalized spacial score (nSPS) is 12.4. The van der Waals surface area contributed by atoms with Crippen LogP contribution in [0.4, 0.5) is 0 Å². The van der Waals surface area contributed by atoms with E-state index in [0.717, 1.165) is 18.1 Å². The van der Waals surface area contributed by atoms with Crippen molar-refractivity contribution in [2.75, 3.05) is 0 Å². The SMILES string of the molecule is CC/C=C(C)/C=C/C(=O)O. The van der Waals surface area contributed by atoms with Crippen LogP contribution in [-0.2, 0) is 4.79 Å². The van der Waals surface area contributed by atoms with E-state index < -0.39 is 5.97 Å². The fraction of sp³-hybridized carbons (Fsp3) is 0.375. The van der Waals surface area contributed by atoms with Gasteiger partial charge >= 0.3 is 5.97 Å². The van der Waals surface area contributed by atoms with E-state index in [9.17, 15) is 4.79 Å². The predicted octanol–water partition coefficient (Wildman–Crippen LogP) is 1.98. The minimum Gasteiger partial charge on any atom is -0.478 e. The highest BCUT2D eigenvalue weighted by Gasteiger charge is 1.84. The lowest BCUT2D eigenvalue weighted by molar-refractivity contribution is -0.131. The van der Waals surface area contributed by atoms with Gasteiger partial charge in [0.15, 0.2) is 0 Å². The molecule has 0 unspecified atom stereocenters. The van der Waals surface area contributed by atoms with Gasteiger partial charge in [-0.3, -0.25) is 0 Å². The van der Waals surface area contributed by atoms with Gasteiger partial charge in [0.2, 0.25) is 0 Å². The highest BCUT2D eigenvalue weighted by Crippen LogP contribution is 1.95. The number of hydrogen-bond acceptors (Lipinski definition) is 1. The molecule has 56 valence electrons. The molecule has 0 radical (unpaired) electrons. The Kier molecular flexibility index (Phi) is 4.29. The second kappa shape index (κ2) is 4.79. The molecule has 0 amide bonds. The molecule has 0 bridgehead atoms. The number of allylic oxidation sites excluding steroid dienone is 3. The number of aliphatic carboxylic acids is 1. The summed E-state index contributed by atoms with van der Waals surface area (Å²) in [7, 11) is 0. The first-order valence-electron chi connectivity index (χ1n) is 3.24. The molecular formula is C8H12O2.